The summed E-state index contributed by atoms with van der Waals surface area (Å²) in [7, 11) is 0. The number of rotatable bonds is 4. The highest BCUT2D eigenvalue weighted by Crippen LogP contribution is 2.35. The summed E-state index contributed by atoms with van der Waals surface area (Å²) in [5.74, 6) is 1.70. The molecule has 0 spiro atoms. The maximum absolute atomic E-state index is 5.97. The molecule has 0 atom stereocenters. The Morgan fingerprint density at radius 1 is 0.680 bits per heavy atom. The van der Waals surface area contributed by atoms with Crippen LogP contribution in [0, 0.1) is 0 Å². The van der Waals surface area contributed by atoms with E-state index in [4.69, 9.17) is 9.47 Å². The van der Waals surface area contributed by atoms with Gasteiger partial charge in [-0.3, -0.25) is 0 Å². The summed E-state index contributed by atoms with van der Waals surface area (Å²) >= 11 is 7.08. The molecular formula is C21H26Br2O2. The van der Waals surface area contributed by atoms with Gasteiger partial charge >= 0.3 is 0 Å². The molecule has 0 bridgehead atoms. The normalized spacial score (nSPS) is 12.2. The lowest BCUT2D eigenvalue weighted by molar-refractivity contribution is 0.115. The van der Waals surface area contributed by atoms with Crippen molar-refractivity contribution in [2.24, 2.45) is 0 Å². The summed E-state index contributed by atoms with van der Waals surface area (Å²) in [6.45, 7) is 13.2. The lowest BCUT2D eigenvalue weighted by atomic mass is 9.86. The van der Waals surface area contributed by atoms with E-state index in [0.717, 1.165) is 31.6 Å². The zero-order valence-corrected chi connectivity index (χ0v) is 18.9. The van der Waals surface area contributed by atoms with Crippen molar-refractivity contribution in [3.05, 3.63) is 56.5 Å². The fraction of sp³-hybridized carbons (Fsp3) is 0.429. The topological polar surface area (TPSA) is 18.5 Å². The van der Waals surface area contributed by atoms with E-state index in [9.17, 15) is 0 Å². The molecule has 2 aromatic carbocycles. The van der Waals surface area contributed by atoms with Crippen LogP contribution in [0.15, 0.2) is 45.3 Å². The molecule has 0 amide bonds. The van der Waals surface area contributed by atoms with Gasteiger partial charge in [0.2, 0.25) is 6.79 Å². The third-order valence-electron chi connectivity index (χ3n) is 3.93. The van der Waals surface area contributed by atoms with Gasteiger partial charge in [0, 0.05) is 20.1 Å². The Hall–Kier alpha value is -1.000. The summed E-state index contributed by atoms with van der Waals surface area (Å²) in [4.78, 5) is 0. The van der Waals surface area contributed by atoms with Crippen molar-refractivity contribution < 1.29 is 9.47 Å². The molecule has 136 valence electrons. The van der Waals surface area contributed by atoms with E-state index >= 15 is 0 Å². The number of ether oxygens (including phenoxy) is 2. The van der Waals surface area contributed by atoms with E-state index in [2.05, 4.69) is 85.5 Å². The van der Waals surface area contributed by atoms with Gasteiger partial charge in [0.05, 0.1) is 0 Å². The predicted molar refractivity (Wildman–Crippen MR) is 112 cm³/mol. The maximum atomic E-state index is 5.97. The Balaban J connectivity index is 2.18. The molecule has 0 unspecified atom stereocenters. The number of halogens is 2. The summed E-state index contributed by atoms with van der Waals surface area (Å²) in [6.07, 6.45) is 0. The molecule has 2 aromatic rings. The van der Waals surface area contributed by atoms with Crippen molar-refractivity contribution >= 4 is 31.9 Å². The van der Waals surface area contributed by atoms with Crippen molar-refractivity contribution in [1.82, 2.24) is 0 Å². The third-order valence-corrected chi connectivity index (χ3v) is 4.91. The van der Waals surface area contributed by atoms with Gasteiger partial charge in [-0.15, -0.1) is 0 Å². The third kappa shape index (κ3) is 5.49. The molecule has 0 aliphatic carbocycles. The highest BCUT2D eigenvalue weighted by Gasteiger charge is 2.21. The van der Waals surface area contributed by atoms with E-state index in [1.54, 1.807) is 0 Å². The molecule has 0 aliphatic heterocycles. The Morgan fingerprint density at radius 2 is 1.04 bits per heavy atom. The van der Waals surface area contributed by atoms with Crippen molar-refractivity contribution in [1.29, 1.82) is 0 Å². The van der Waals surface area contributed by atoms with Crippen LogP contribution in [0.3, 0.4) is 0 Å². The molecule has 2 nitrogen and oxygen atoms in total. The number of hydrogen-bond donors (Lipinski definition) is 0. The largest absolute Gasteiger partial charge is 0.457 e. The molecule has 0 aromatic heterocycles. The van der Waals surface area contributed by atoms with Crippen molar-refractivity contribution in [2.75, 3.05) is 6.79 Å². The van der Waals surface area contributed by atoms with Crippen LogP contribution in [0.2, 0.25) is 0 Å². The number of hydrogen-bond acceptors (Lipinski definition) is 2. The molecular weight excluding hydrogens is 444 g/mol. The van der Waals surface area contributed by atoms with E-state index in [1.807, 2.05) is 24.3 Å². The second-order valence-corrected chi connectivity index (χ2v) is 10.0. The Morgan fingerprint density at radius 3 is 1.36 bits per heavy atom. The van der Waals surface area contributed by atoms with Crippen molar-refractivity contribution in [2.45, 2.75) is 52.4 Å². The van der Waals surface area contributed by atoms with Crippen LogP contribution in [-0.2, 0) is 10.8 Å². The van der Waals surface area contributed by atoms with Crippen LogP contribution in [0.4, 0.5) is 0 Å². The zero-order valence-electron chi connectivity index (χ0n) is 15.7. The zero-order chi connectivity index (χ0) is 18.8. The second-order valence-electron chi connectivity index (χ2n) is 8.19. The molecule has 25 heavy (non-hydrogen) atoms. The van der Waals surface area contributed by atoms with Crippen molar-refractivity contribution in [3.8, 4) is 11.5 Å². The van der Waals surface area contributed by atoms with Crippen LogP contribution in [-0.4, -0.2) is 6.79 Å². The van der Waals surface area contributed by atoms with E-state index in [-0.39, 0.29) is 17.6 Å². The monoisotopic (exact) mass is 468 g/mol. The van der Waals surface area contributed by atoms with E-state index < -0.39 is 0 Å². The molecule has 0 saturated carbocycles. The highest BCUT2D eigenvalue weighted by molar-refractivity contribution is 9.10. The first-order chi connectivity index (χ1) is 11.5. The standard InChI is InChI=1S/C21H26Br2O2/c1-20(2,3)16-11-14(22)7-9-18(16)24-13-25-19-10-8-15(23)12-17(19)21(4,5)6/h7-12H,13H2,1-6H3. The summed E-state index contributed by atoms with van der Waals surface area (Å²) < 4.78 is 14.0. The average Bonchev–Trinajstić information content (AvgIpc) is 2.48. The van der Waals surface area contributed by atoms with Gasteiger partial charge < -0.3 is 9.47 Å². The molecule has 4 heteroatoms. The fourth-order valence-corrected chi connectivity index (χ4v) is 3.31. The van der Waals surface area contributed by atoms with E-state index in [1.165, 1.54) is 0 Å². The van der Waals surface area contributed by atoms with Crippen molar-refractivity contribution in [3.63, 3.8) is 0 Å². The van der Waals surface area contributed by atoms with Gasteiger partial charge in [-0.2, -0.15) is 0 Å². The van der Waals surface area contributed by atoms with Crippen LogP contribution >= 0.6 is 31.9 Å². The molecule has 0 aliphatic rings. The Bertz CT molecular complexity index is 677. The fourth-order valence-electron chi connectivity index (χ4n) is 2.58. The minimum absolute atomic E-state index is 0.00665. The van der Waals surface area contributed by atoms with Gasteiger partial charge in [-0.1, -0.05) is 73.4 Å². The quantitative estimate of drug-likeness (QED) is 0.440. The highest BCUT2D eigenvalue weighted by atomic mass is 79.9. The van der Waals surface area contributed by atoms with Gasteiger partial charge in [0.25, 0.3) is 0 Å². The number of benzene rings is 2. The SMILES string of the molecule is CC(C)(C)c1cc(Br)ccc1OCOc1ccc(Br)cc1C(C)(C)C. The summed E-state index contributed by atoms with van der Waals surface area (Å²) in [5.41, 5.74) is 2.29. The molecule has 0 saturated heterocycles. The van der Waals surface area contributed by atoms with Gasteiger partial charge in [-0.25, -0.2) is 0 Å². The predicted octanol–water partition coefficient (Wildman–Crippen LogP) is 7.22. The Kier molecular flexibility index (Phi) is 6.26. The molecule has 0 radical (unpaired) electrons. The second kappa shape index (κ2) is 7.71. The van der Waals surface area contributed by atoms with Crippen LogP contribution < -0.4 is 9.47 Å². The van der Waals surface area contributed by atoms with E-state index in [0.29, 0.717) is 0 Å². The lowest BCUT2D eigenvalue weighted by Gasteiger charge is -2.25. The van der Waals surface area contributed by atoms with Gasteiger partial charge in [-0.05, 0) is 47.2 Å². The first kappa shape index (κ1) is 20.3. The average molecular weight is 470 g/mol. The minimum atomic E-state index is -0.00665. The summed E-state index contributed by atoms with van der Waals surface area (Å²) in [5, 5.41) is 0. The Labute approximate surface area is 168 Å². The first-order valence-corrected chi connectivity index (χ1v) is 9.93. The molecule has 0 N–H and O–H groups in total. The van der Waals surface area contributed by atoms with Crippen LogP contribution in [0.1, 0.15) is 52.7 Å². The molecule has 2 rings (SSSR count). The van der Waals surface area contributed by atoms with Crippen LogP contribution in [0.25, 0.3) is 0 Å². The minimum Gasteiger partial charge on any atom is -0.457 e. The smallest absolute Gasteiger partial charge is 0.230 e. The van der Waals surface area contributed by atoms with Gasteiger partial charge in [0.1, 0.15) is 11.5 Å². The molecule has 0 fully saturated rings. The van der Waals surface area contributed by atoms with Crippen LogP contribution in [0.5, 0.6) is 11.5 Å². The molecule has 0 heterocycles. The first-order valence-electron chi connectivity index (χ1n) is 8.34. The maximum Gasteiger partial charge on any atom is 0.230 e. The summed E-state index contributed by atoms with van der Waals surface area (Å²) in [6, 6.07) is 12.2. The lowest BCUT2D eigenvalue weighted by Crippen LogP contribution is -2.17. The van der Waals surface area contributed by atoms with Gasteiger partial charge in [0.15, 0.2) is 0 Å².